The van der Waals surface area contributed by atoms with Crippen molar-refractivity contribution >= 4 is 51.7 Å². The zero-order chi connectivity index (χ0) is 20.8. The van der Waals surface area contributed by atoms with Crippen LogP contribution in [0, 0.1) is 5.92 Å². The van der Waals surface area contributed by atoms with Crippen LogP contribution in [0.5, 0.6) is 0 Å². The van der Waals surface area contributed by atoms with E-state index in [0.717, 1.165) is 5.56 Å². The molecule has 1 heterocycles. The Hall–Kier alpha value is -0.730. The van der Waals surface area contributed by atoms with Crippen molar-refractivity contribution in [2.45, 2.75) is 29.8 Å². The molecule has 0 unspecified atom stereocenters. The van der Waals surface area contributed by atoms with Crippen molar-refractivity contribution in [3.05, 3.63) is 29.8 Å². The number of halogens is 4. The van der Waals surface area contributed by atoms with Crippen molar-refractivity contribution in [3.63, 3.8) is 0 Å². The normalized spacial score (nSPS) is 16.9. The van der Waals surface area contributed by atoms with Gasteiger partial charge in [-0.3, -0.25) is 4.99 Å². The zero-order valence-corrected chi connectivity index (χ0v) is 20.2. The Morgan fingerprint density at radius 1 is 1.21 bits per heavy atom. The quantitative estimate of drug-likeness (QED) is 0.240. The Labute approximate surface area is 191 Å². The van der Waals surface area contributed by atoms with Crippen molar-refractivity contribution in [1.29, 1.82) is 0 Å². The van der Waals surface area contributed by atoms with Crippen LogP contribution in [-0.4, -0.2) is 57.1 Å². The first-order chi connectivity index (χ1) is 13.2. The van der Waals surface area contributed by atoms with Gasteiger partial charge in [0, 0.05) is 38.1 Å². The van der Waals surface area contributed by atoms with E-state index in [1.807, 2.05) is 30.5 Å². The van der Waals surface area contributed by atoms with Gasteiger partial charge >= 0.3 is 15.5 Å². The molecule has 1 fully saturated rings. The number of nitrogens with zero attached hydrogens (tertiary/aromatic N) is 2. The first-order valence-corrected chi connectivity index (χ1v) is 11.5. The fraction of sp³-hybridized carbons (Fsp3) is 0.588. The second-order valence-corrected chi connectivity index (χ2v) is 9.26. The first-order valence-electron chi connectivity index (χ1n) is 8.81. The Morgan fingerprint density at radius 3 is 2.28 bits per heavy atom. The van der Waals surface area contributed by atoms with E-state index in [4.69, 9.17) is 0 Å². The third kappa shape index (κ3) is 7.47. The maximum Gasteiger partial charge on any atom is 0.511 e. The molecule has 0 atom stereocenters. The van der Waals surface area contributed by atoms with Crippen LogP contribution in [-0.2, 0) is 16.6 Å². The van der Waals surface area contributed by atoms with Crippen LogP contribution in [0.25, 0.3) is 0 Å². The standard InChI is InChI=1S/C17H25F3N4O2S2.HI/c1-21-16(22-11-13-3-5-15(27-2)6-4-13)23-12-14-7-9-24(10-8-14)28(25,26)17(18,19)20;/h3-6,14H,7-12H2,1-2H3,(H2,21,22,23);1H. The number of alkyl halides is 3. The van der Waals surface area contributed by atoms with Gasteiger partial charge in [-0.05, 0) is 42.7 Å². The van der Waals surface area contributed by atoms with Gasteiger partial charge in [-0.25, -0.2) is 8.42 Å². The lowest BCUT2D eigenvalue weighted by molar-refractivity contribution is -0.0496. The minimum Gasteiger partial charge on any atom is -0.356 e. The number of hydrogen-bond acceptors (Lipinski definition) is 4. The molecule has 0 spiro atoms. The average molecular weight is 566 g/mol. The number of nitrogens with one attached hydrogen (secondary N) is 2. The largest absolute Gasteiger partial charge is 0.511 e. The maximum absolute atomic E-state index is 12.6. The van der Waals surface area contributed by atoms with Crippen molar-refractivity contribution < 1.29 is 21.6 Å². The fourth-order valence-electron chi connectivity index (χ4n) is 2.89. The predicted octanol–water partition coefficient (Wildman–Crippen LogP) is 3.25. The highest BCUT2D eigenvalue weighted by atomic mass is 127. The number of sulfonamides is 1. The maximum atomic E-state index is 12.6. The zero-order valence-electron chi connectivity index (χ0n) is 16.2. The van der Waals surface area contributed by atoms with E-state index in [2.05, 4.69) is 15.6 Å². The highest BCUT2D eigenvalue weighted by Crippen LogP contribution is 2.30. The molecule has 1 saturated heterocycles. The summed E-state index contributed by atoms with van der Waals surface area (Å²) in [5.41, 5.74) is -4.13. The molecule has 12 heteroatoms. The van der Waals surface area contributed by atoms with Gasteiger partial charge in [-0.1, -0.05) is 12.1 Å². The van der Waals surface area contributed by atoms with E-state index in [1.54, 1.807) is 18.8 Å². The molecule has 0 radical (unpaired) electrons. The topological polar surface area (TPSA) is 73.8 Å². The molecular weight excluding hydrogens is 540 g/mol. The van der Waals surface area contributed by atoms with Gasteiger partial charge < -0.3 is 10.6 Å². The molecule has 166 valence electrons. The molecule has 0 bridgehead atoms. The highest BCUT2D eigenvalue weighted by Gasteiger charge is 2.50. The first kappa shape index (κ1) is 26.3. The lowest BCUT2D eigenvalue weighted by atomic mass is 9.98. The lowest BCUT2D eigenvalue weighted by Gasteiger charge is -2.31. The third-order valence-corrected chi connectivity index (χ3v) is 6.98. The number of aliphatic imine (C=N–C) groups is 1. The summed E-state index contributed by atoms with van der Waals surface area (Å²) in [4.78, 5) is 5.33. The van der Waals surface area contributed by atoms with E-state index in [9.17, 15) is 21.6 Å². The van der Waals surface area contributed by atoms with Crippen molar-refractivity contribution in [1.82, 2.24) is 14.9 Å². The van der Waals surface area contributed by atoms with Crippen LogP contribution in [0.3, 0.4) is 0 Å². The number of piperidine rings is 1. The van der Waals surface area contributed by atoms with E-state index in [0.29, 0.717) is 36.2 Å². The number of rotatable bonds is 6. The molecule has 2 N–H and O–H groups in total. The molecule has 29 heavy (non-hydrogen) atoms. The van der Waals surface area contributed by atoms with Crippen LogP contribution in [0.1, 0.15) is 18.4 Å². The third-order valence-electron chi connectivity index (χ3n) is 4.61. The van der Waals surface area contributed by atoms with Gasteiger partial charge in [0.15, 0.2) is 5.96 Å². The fourth-order valence-corrected chi connectivity index (χ4v) is 4.28. The summed E-state index contributed by atoms with van der Waals surface area (Å²) in [5.74, 6) is 0.679. The van der Waals surface area contributed by atoms with Gasteiger partial charge in [0.25, 0.3) is 0 Å². The molecule has 0 aliphatic carbocycles. The van der Waals surface area contributed by atoms with Gasteiger partial charge in [0.2, 0.25) is 0 Å². The second kappa shape index (κ2) is 11.6. The predicted molar refractivity (Wildman–Crippen MR) is 121 cm³/mol. The number of thioether (sulfide) groups is 1. The van der Waals surface area contributed by atoms with E-state index < -0.39 is 15.5 Å². The van der Waals surface area contributed by atoms with E-state index in [1.165, 1.54) is 4.90 Å². The summed E-state index contributed by atoms with van der Waals surface area (Å²) in [6, 6.07) is 8.15. The van der Waals surface area contributed by atoms with Gasteiger partial charge in [-0.2, -0.15) is 17.5 Å². The molecule has 1 aromatic rings. The molecule has 1 aliphatic rings. The SMILES string of the molecule is CN=C(NCc1ccc(SC)cc1)NCC1CCN(S(=O)(=O)C(F)(F)F)CC1.I. The van der Waals surface area contributed by atoms with Gasteiger partial charge in [0.1, 0.15) is 0 Å². The van der Waals surface area contributed by atoms with Crippen LogP contribution in [0.4, 0.5) is 13.2 Å². The van der Waals surface area contributed by atoms with Crippen LogP contribution >= 0.6 is 35.7 Å². The summed E-state index contributed by atoms with van der Waals surface area (Å²) >= 11 is 1.67. The van der Waals surface area contributed by atoms with E-state index in [-0.39, 0.29) is 43.0 Å². The molecule has 2 rings (SSSR count). The summed E-state index contributed by atoms with van der Waals surface area (Å²) in [7, 11) is -3.58. The van der Waals surface area contributed by atoms with Crippen molar-refractivity contribution in [2.75, 3.05) is 32.9 Å². The Bertz CT molecular complexity index is 766. The summed E-state index contributed by atoms with van der Waals surface area (Å²) in [6.45, 7) is 0.867. The monoisotopic (exact) mass is 566 g/mol. The number of hydrogen-bond donors (Lipinski definition) is 2. The number of guanidine groups is 1. The molecule has 1 aromatic carbocycles. The summed E-state index contributed by atoms with van der Waals surface area (Å²) in [6.07, 6.45) is 2.76. The molecule has 0 saturated carbocycles. The Balaban J connectivity index is 0.00000420. The Morgan fingerprint density at radius 2 is 1.79 bits per heavy atom. The van der Waals surface area contributed by atoms with Crippen molar-refractivity contribution in [2.24, 2.45) is 10.9 Å². The average Bonchev–Trinajstić information content (AvgIpc) is 2.68. The molecule has 0 aromatic heterocycles. The molecular formula is C17H26F3IN4O2S2. The van der Waals surface area contributed by atoms with Gasteiger partial charge in [-0.15, -0.1) is 35.7 Å². The van der Waals surface area contributed by atoms with Crippen LogP contribution < -0.4 is 10.6 Å². The minimum absolute atomic E-state index is 0. The Kier molecular flexibility index (Phi) is 10.5. The van der Waals surface area contributed by atoms with Crippen molar-refractivity contribution in [3.8, 4) is 0 Å². The summed E-state index contributed by atoms with van der Waals surface area (Å²) in [5, 5.41) is 6.35. The highest BCUT2D eigenvalue weighted by molar-refractivity contribution is 14.0. The molecule has 0 amide bonds. The van der Waals surface area contributed by atoms with Gasteiger partial charge in [0.05, 0.1) is 0 Å². The number of benzene rings is 1. The summed E-state index contributed by atoms with van der Waals surface area (Å²) < 4.78 is 61.2. The molecule has 1 aliphatic heterocycles. The lowest BCUT2D eigenvalue weighted by Crippen LogP contribution is -2.47. The smallest absolute Gasteiger partial charge is 0.356 e. The second-order valence-electron chi connectivity index (χ2n) is 6.45. The van der Waals surface area contributed by atoms with Crippen LogP contribution in [0.2, 0.25) is 0 Å². The van der Waals surface area contributed by atoms with Crippen LogP contribution in [0.15, 0.2) is 34.2 Å². The minimum atomic E-state index is -5.24. The molecule has 6 nitrogen and oxygen atoms in total. The van der Waals surface area contributed by atoms with E-state index >= 15 is 0 Å².